The average molecular weight is 269 g/mol. The van der Waals surface area contributed by atoms with Crippen molar-refractivity contribution >= 4 is 29.2 Å². The first-order valence-electron chi connectivity index (χ1n) is 5.52. The summed E-state index contributed by atoms with van der Waals surface area (Å²) in [7, 11) is 0. The van der Waals surface area contributed by atoms with Gasteiger partial charge in [-0.05, 0) is 24.6 Å². The zero-order chi connectivity index (χ0) is 13.3. The largest absolute Gasteiger partial charge is 0.480 e. The summed E-state index contributed by atoms with van der Waals surface area (Å²) >= 11 is 6.01. The molecule has 0 radical (unpaired) electrons. The molecule has 0 bridgehead atoms. The van der Waals surface area contributed by atoms with E-state index in [1.54, 1.807) is 12.1 Å². The number of carboxylic acids is 1. The minimum Gasteiger partial charge on any atom is -0.480 e. The summed E-state index contributed by atoms with van der Waals surface area (Å²) in [6, 6.07) is 4.51. The monoisotopic (exact) mass is 268 g/mol. The molecule has 1 amide bonds. The quantitative estimate of drug-likeness (QED) is 0.841. The molecule has 1 atom stereocenters. The van der Waals surface area contributed by atoms with Crippen molar-refractivity contribution in [1.82, 2.24) is 5.32 Å². The zero-order valence-electron chi connectivity index (χ0n) is 9.81. The lowest BCUT2D eigenvalue weighted by Crippen LogP contribution is -2.57. The number of hydrogen-bond acceptors (Lipinski definition) is 3. The molecule has 1 fully saturated rings. The maximum atomic E-state index is 11.8. The van der Waals surface area contributed by atoms with Crippen molar-refractivity contribution < 1.29 is 14.7 Å². The van der Waals surface area contributed by atoms with Crippen molar-refractivity contribution in [2.45, 2.75) is 13.0 Å². The van der Waals surface area contributed by atoms with E-state index in [2.05, 4.69) is 5.32 Å². The lowest BCUT2D eigenvalue weighted by Gasteiger charge is -2.31. The number of amides is 1. The highest BCUT2D eigenvalue weighted by Crippen LogP contribution is 2.24. The third kappa shape index (κ3) is 2.47. The van der Waals surface area contributed by atoms with Crippen LogP contribution in [0.2, 0.25) is 5.02 Å². The summed E-state index contributed by atoms with van der Waals surface area (Å²) in [5, 5.41) is 12.2. The maximum absolute atomic E-state index is 11.8. The van der Waals surface area contributed by atoms with Crippen molar-refractivity contribution in [3.05, 3.63) is 28.8 Å². The summed E-state index contributed by atoms with van der Waals surface area (Å²) in [5.74, 6) is -1.13. The number of carboxylic acid groups (broad SMARTS) is 1. The molecule has 96 valence electrons. The third-order valence-corrected chi connectivity index (χ3v) is 3.34. The van der Waals surface area contributed by atoms with Gasteiger partial charge in [-0.3, -0.25) is 14.9 Å². The number of aryl methyl sites for hydroxylation is 1. The van der Waals surface area contributed by atoms with Crippen LogP contribution in [0.15, 0.2) is 18.2 Å². The Labute approximate surface area is 109 Å². The first-order chi connectivity index (χ1) is 8.49. The van der Waals surface area contributed by atoms with Crippen molar-refractivity contribution in [2.24, 2.45) is 0 Å². The fourth-order valence-corrected chi connectivity index (χ4v) is 1.99. The van der Waals surface area contributed by atoms with Crippen LogP contribution in [0.25, 0.3) is 0 Å². The number of nitrogens with one attached hydrogen (secondary N) is 1. The molecule has 1 saturated heterocycles. The number of halogens is 1. The Morgan fingerprint density at radius 3 is 2.89 bits per heavy atom. The predicted molar refractivity (Wildman–Crippen MR) is 68.0 cm³/mol. The van der Waals surface area contributed by atoms with E-state index in [-0.39, 0.29) is 19.0 Å². The van der Waals surface area contributed by atoms with E-state index in [1.165, 1.54) is 4.90 Å². The molecule has 6 heteroatoms. The van der Waals surface area contributed by atoms with Gasteiger partial charge in [0.2, 0.25) is 5.91 Å². The standard InChI is InChI=1S/C12H13ClN2O3/c1-7-2-3-8(4-9(7)13)15-6-10(12(17)18)14-5-11(15)16/h2-4,10,14H,5-6H2,1H3,(H,17,18). The minimum atomic E-state index is -0.967. The Morgan fingerprint density at radius 2 is 2.28 bits per heavy atom. The fourth-order valence-electron chi connectivity index (χ4n) is 1.82. The van der Waals surface area contributed by atoms with Crippen LogP contribution in [0.5, 0.6) is 0 Å². The maximum Gasteiger partial charge on any atom is 0.322 e. The highest BCUT2D eigenvalue weighted by Gasteiger charge is 2.30. The molecule has 18 heavy (non-hydrogen) atoms. The second-order valence-corrected chi connectivity index (χ2v) is 4.62. The molecule has 2 rings (SSSR count). The summed E-state index contributed by atoms with van der Waals surface area (Å²) in [4.78, 5) is 24.2. The van der Waals surface area contributed by atoms with E-state index >= 15 is 0 Å². The molecule has 1 aromatic rings. The lowest BCUT2D eigenvalue weighted by molar-refractivity contribution is -0.139. The van der Waals surface area contributed by atoms with Gasteiger partial charge in [-0.25, -0.2) is 0 Å². The molecule has 0 spiro atoms. The Kier molecular flexibility index (Phi) is 3.54. The van der Waals surface area contributed by atoms with Gasteiger partial charge in [0.15, 0.2) is 0 Å². The summed E-state index contributed by atoms with van der Waals surface area (Å²) < 4.78 is 0. The van der Waals surface area contributed by atoms with E-state index in [9.17, 15) is 9.59 Å². The number of aliphatic carboxylic acids is 1. The molecule has 1 unspecified atom stereocenters. The van der Waals surface area contributed by atoms with Crippen LogP contribution >= 0.6 is 11.6 Å². The Morgan fingerprint density at radius 1 is 1.56 bits per heavy atom. The van der Waals surface area contributed by atoms with Gasteiger partial charge in [-0.2, -0.15) is 0 Å². The minimum absolute atomic E-state index is 0.0163. The van der Waals surface area contributed by atoms with Gasteiger partial charge in [0, 0.05) is 10.7 Å². The summed E-state index contributed by atoms with van der Waals surface area (Å²) in [6.07, 6.45) is 0. The van der Waals surface area contributed by atoms with Crippen LogP contribution in [-0.2, 0) is 9.59 Å². The van der Waals surface area contributed by atoms with Crippen molar-refractivity contribution in [2.75, 3.05) is 18.0 Å². The highest BCUT2D eigenvalue weighted by atomic mass is 35.5. The van der Waals surface area contributed by atoms with Gasteiger partial charge in [-0.15, -0.1) is 0 Å². The summed E-state index contributed by atoms with van der Waals surface area (Å²) in [6.45, 7) is 1.99. The zero-order valence-corrected chi connectivity index (χ0v) is 10.6. The number of carbonyl (C=O) groups is 2. The van der Waals surface area contributed by atoms with Gasteiger partial charge in [0.1, 0.15) is 6.04 Å². The van der Waals surface area contributed by atoms with Gasteiger partial charge in [0.25, 0.3) is 0 Å². The molecule has 1 heterocycles. The van der Waals surface area contributed by atoms with Crippen LogP contribution in [0, 0.1) is 6.92 Å². The number of benzene rings is 1. The lowest BCUT2D eigenvalue weighted by atomic mass is 10.1. The molecule has 1 aromatic carbocycles. The molecule has 0 aliphatic carbocycles. The van der Waals surface area contributed by atoms with Gasteiger partial charge in [-0.1, -0.05) is 17.7 Å². The van der Waals surface area contributed by atoms with E-state index in [0.717, 1.165) is 5.56 Å². The molecular weight excluding hydrogens is 256 g/mol. The van der Waals surface area contributed by atoms with Crippen LogP contribution < -0.4 is 10.2 Å². The van der Waals surface area contributed by atoms with E-state index in [4.69, 9.17) is 16.7 Å². The molecule has 0 saturated carbocycles. The predicted octanol–water partition coefficient (Wildman–Crippen LogP) is 1.04. The first-order valence-corrected chi connectivity index (χ1v) is 5.89. The first kappa shape index (κ1) is 12.9. The molecule has 2 N–H and O–H groups in total. The number of anilines is 1. The molecule has 1 aliphatic heterocycles. The SMILES string of the molecule is Cc1ccc(N2CC(C(=O)O)NCC2=O)cc1Cl. The number of nitrogens with zero attached hydrogens (tertiary/aromatic N) is 1. The van der Waals surface area contributed by atoms with E-state index in [0.29, 0.717) is 10.7 Å². The Hall–Kier alpha value is -1.59. The van der Waals surface area contributed by atoms with Crippen LogP contribution in [-0.4, -0.2) is 36.1 Å². The number of piperazine rings is 1. The normalized spacial score (nSPS) is 20.0. The number of rotatable bonds is 2. The topological polar surface area (TPSA) is 69.6 Å². The molecule has 0 aromatic heterocycles. The molecular formula is C12H13ClN2O3. The van der Waals surface area contributed by atoms with Crippen molar-refractivity contribution in [3.63, 3.8) is 0 Å². The number of carbonyl (C=O) groups excluding carboxylic acids is 1. The van der Waals surface area contributed by atoms with Gasteiger partial charge >= 0.3 is 5.97 Å². The highest BCUT2D eigenvalue weighted by molar-refractivity contribution is 6.31. The van der Waals surface area contributed by atoms with Crippen LogP contribution in [0.4, 0.5) is 5.69 Å². The summed E-state index contributed by atoms with van der Waals surface area (Å²) in [5.41, 5.74) is 1.54. The average Bonchev–Trinajstić information content (AvgIpc) is 2.33. The molecule has 1 aliphatic rings. The second-order valence-electron chi connectivity index (χ2n) is 4.21. The van der Waals surface area contributed by atoms with Crippen molar-refractivity contribution in [1.29, 1.82) is 0 Å². The second kappa shape index (κ2) is 4.96. The number of hydrogen-bond donors (Lipinski definition) is 2. The van der Waals surface area contributed by atoms with E-state index < -0.39 is 12.0 Å². The van der Waals surface area contributed by atoms with Crippen molar-refractivity contribution in [3.8, 4) is 0 Å². The van der Waals surface area contributed by atoms with Crippen LogP contribution in [0.1, 0.15) is 5.56 Å². The van der Waals surface area contributed by atoms with E-state index in [1.807, 2.05) is 13.0 Å². The van der Waals surface area contributed by atoms with Gasteiger partial charge in [0.05, 0.1) is 13.1 Å². The fraction of sp³-hybridized carbons (Fsp3) is 0.333. The Balaban J connectivity index is 2.26. The Bertz CT molecular complexity index is 504. The van der Waals surface area contributed by atoms with Crippen LogP contribution in [0.3, 0.4) is 0 Å². The van der Waals surface area contributed by atoms with Gasteiger partial charge < -0.3 is 10.0 Å². The third-order valence-electron chi connectivity index (χ3n) is 2.93. The smallest absolute Gasteiger partial charge is 0.322 e. The molecule has 5 nitrogen and oxygen atoms in total.